The summed E-state index contributed by atoms with van der Waals surface area (Å²) in [5, 5.41) is 1.01. The topological polar surface area (TPSA) is 60.8 Å². The van der Waals surface area contributed by atoms with E-state index in [0.717, 1.165) is 33.1 Å². The van der Waals surface area contributed by atoms with Crippen molar-refractivity contribution in [2.24, 2.45) is 0 Å². The molecule has 30 heavy (non-hydrogen) atoms. The van der Waals surface area contributed by atoms with E-state index in [0.29, 0.717) is 12.8 Å². The molecular weight excluding hydrogens is 448 g/mol. The van der Waals surface area contributed by atoms with Crippen LogP contribution >= 0.6 is 15.9 Å². The lowest BCUT2D eigenvalue weighted by atomic mass is 9.90. The van der Waals surface area contributed by atoms with E-state index in [2.05, 4.69) is 15.9 Å². The molecule has 3 rings (SSSR count). The summed E-state index contributed by atoms with van der Waals surface area (Å²) < 4.78 is 13.9. The molecule has 1 amide bonds. The minimum atomic E-state index is -0.579. The fraction of sp³-hybridized carbons (Fsp3) is 0.565. The highest BCUT2D eigenvalue weighted by molar-refractivity contribution is 9.10. The van der Waals surface area contributed by atoms with Crippen molar-refractivity contribution in [3.63, 3.8) is 0 Å². The Kier molecular flexibility index (Phi) is 5.98. The van der Waals surface area contributed by atoms with Gasteiger partial charge in [-0.05, 0) is 84.6 Å². The molecule has 0 radical (unpaired) electrons. The van der Waals surface area contributed by atoms with Gasteiger partial charge in [-0.2, -0.15) is 0 Å². The summed E-state index contributed by atoms with van der Waals surface area (Å²) in [5.41, 5.74) is 1.76. The van der Waals surface area contributed by atoms with Crippen LogP contribution in [-0.2, 0) is 22.3 Å². The zero-order valence-electron chi connectivity index (χ0n) is 18.8. The molecule has 1 heterocycles. The minimum absolute atomic E-state index is 0.00372. The fourth-order valence-corrected chi connectivity index (χ4v) is 4.20. The summed E-state index contributed by atoms with van der Waals surface area (Å²) in [6, 6.07) is 5.90. The van der Waals surface area contributed by atoms with Gasteiger partial charge < -0.3 is 14.4 Å². The molecule has 0 saturated carbocycles. The molecule has 1 unspecified atom stereocenters. The van der Waals surface area contributed by atoms with E-state index in [1.54, 1.807) is 16.5 Å². The maximum absolute atomic E-state index is 13.0. The Morgan fingerprint density at radius 1 is 1.10 bits per heavy atom. The molecule has 1 atom stereocenters. The third-order valence-electron chi connectivity index (χ3n) is 5.10. The Bertz CT molecular complexity index is 982. The van der Waals surface area contributed by atoms with E-state index in [9.17, 15) is 9.59 Å². The third-order valence-corrected chi connectivity index (χ3v) is 5.60. The number of rotatable bonds is 1. The van der Waals surface area contributed by atoms with E-state index in [4.69, 9.17) is 9.47 Å². The van der Waals surface area contributed by atoms with Gasteiger partial charge in [0, 0.05) is 28.6 Å². The van der Waals surface area contributed by atoms with Gasteiger partial charge in [-0.15, -0.1) is 0 Å². The van der Waals surface area contributed by atoms with Crippen molar-refractivity contribution in [2.75, 3.05) is 7.05 Å². The molecule has 1 aromatic carbocycles. The second-order valence-corrected chi connectivity index (χ2v) is 10.8. The molecule has 0 saturated heterocycles. The highest BCUT2D eigenvalue weighted by atomic mass is 79.9. The van der Waals surface area contributed by atoms with Crippen molar-refractivity contribution in [3.05, 3.63) is 33.9 Å². The van der Waals surface area contributed by atoms with Crippen molar-refractivity contribution in [2.45, 2.75) is 78.0 Å². The number of hydrogen-bond acceptors (Lipinski definition) is 4. The average molecular weight is 479 g/mol. The number of carbonyl (C=O) groups is 2. The van der Waals surface area contributed by atoms with E-state index < -0.39 is 11.2 Å². The molecule has 7 heteroatoms. The van der Waals surface area contributed by atoms with Crippen LogP contribution in [0.3, 0.4) is 0 Å². The van der Waals surface area contributed by atoms with E-state index in [1.807, 2.05) is 59.7 Å². The molecule has 0 aliphatic heterocycles. The lowest BCUT2D eigenvalue weighted by molar-refractivity contribution is 0.0207. The third kappa shape index (κ3) is 4.82. The highest BCUT2D eigenvalue weighted by Crippen LogP contribution is 2.35. The lowest BCUT2D eigenvalue weighted by Crippen LogP contribution is -2.43. The van der Waals surface area contributed by atoms with Crippen molar-refractivity contribution < 1.29 is 19.1 Å². The van der Waals surface area contributed by atoms with Crippen LogP contribution in [0.15, 0.2) is 22.7 Å². The highest BCUT2D eigenvalue weighted by Gasteiger charge is 2.33. The normalized spacial score (nSPS) is 16.9. The number of amides is 1. The molecule has 0 N–H and O–H groups in total. The molecular formula is C23H31BrN2O4. The van der Waals surface area contributed by atoms with Crippen molar-refractivity contribution in [3.8, 4) is 0 Å². The van der Waals surface area contributed by atoms with E-state index in [1.165, 1.54) is 0 Å². The molecule has 6 nitrogen and oxygen atoms in total. The number of nitrogens with zero attached hydrogens (tertiary/aromatic N) is 2. The van der Waals surface area contributed by atoms with Crippen LogP contribution in [0.1, 0.15) is 59.2 Å². The molecule has 1 aliphatic carbocycles. The van der Waals surface area contributed by atoms with Gasteiger partial charge in [0.1, 0.15) is 11.2 Å². The summed E-state index contributed by atoms with van der Waals surface area (Å²) in [4.78, 5) is 27.3. The summed E-state index contributed by atoms with van der Waals surface area (Å²) >= 11 is 3.55. The number of halogens is 1. The molecule has 0 bridgehead atoms. The van der Waals surface area contributed by atoms with Crippen LogP contribution < -0.4 is 0 Å². The summed E-state index contributed by atoms with van der Waals surface area (Å²) in [5.74, 6) is 0. The first-order valence-corrected chi connectivity index (χ1v) is 11.1. The number of aromatic nitrogens is 1. The average Bonchev–Trinajstić information content (AvgIpc) is 2.91. The Hall–Kier alpha value is -2.02. The van der Waals surface area contributed by atoms with Gasteiger partial charge in [-0.1, -0.05) is 15.9 Å². The molecule has 0 fully saturated rings. The van der Waals surface area contributed by atoms with Crippen LogP contribution in [0.2, 0.25) is 0 Å². The predicted octanol–water partition coefficient (Wildman–Crippen LogP) is 5.91. The summed E-state index contributed by atoms with van der Waals surface area (Å²) in [6.45, 7) is 11.2. The SMILES string of the molecule is CN(C(=O)OC(C)(C)C)C1CCc2c(c3cc(Br)ccc3n2C(=O)OC(C)(C)C)C1. The molecule has 0 spiro atoms. The summed E-state index contributed by atoms with van der Waals surface area (Å²) in [7, 11) is 1.78. The van der Waals surface area contributed by atoms with E-state index >= 15 is 0 Å². The van der Waals surface area contributed by atoms with Gasteiger partial charge in [0.15, 0.2) is 0 Å². The lowest BCUT2D eigenvalue weighted by Gasteiger charge is -2.33. The largest absolute Gasteiger partial charge is 0.444 e. The Morgan fingerprint density at radius 3 is 2.33 bits per heavy atom. The monoisotopic (exact) mass is 478 g/mol. The second-order valence-electron chi connectivity index (χ2n) is 9.89. The van der Waals surface area contributed by atoms with Gasteiger partial charge >= 0.3 is 12.2 Å². The standard InChI is InChI=1S/C23H31BrN2O4/c1-22(2,3)29-20(27)25(7)15-9-11-19-17(13-15)16-12-14(24)8-10-18(16)26(19)21(28)30-23(4,5)6/h8,10,12,15H,9,11,13H2,1-7H3. The maximum atomic E-state index is 13.0. The predicted molar refractivity (Wildman–Crippen MR) is 121 cm³/mol. The zero-order valence-corrected chi connectivity index (χ0v) is 20.4. The number of ether oxygens (including phenoxy) is 2. The maximum Gasteiger partial charge on any atom is 0.419 e. The van der Waals surface area contributed by atoms with Crippen LogP contribution in [0.5, 0.6) is 0 Å². The minimum Gasteiger partial charge on any atom is -0.444 e. The second kappa shape index (κ2) is 7.91. The number of fused-ring (bicyclic) bond motifs is 3. The van der Waals surface area contributed by atoms with E-state index in [-0.39, 0.29) is 18.2 Å². The number of hydrogen-bond donors (Lipinski definition) is 0. The van der Waals surface area contributed by atoms with Crippen LogP contribution in [-0.4, -0.2) is 45.9 Å². The number of carbonyl (C=O) groups excluding carboxylic acids is 2. The van der Waals surface area contributed by atoms with Gasteiger partial charge in [-0.3, -0.25) is 0 Å². The molecule has 1 aromatic heterocycles. The first-order valence-electron chi connectivity index (χ1n) is 10.3. The first kappa shape index (κ1) is 22.7. The van der Waals surface area contributed by atoms with Crippen LogP contribution in [0, 0.1) is 0 Å². The van der Waals surface area contributed by atoms with Crippen molar-refractivity contribution >= 4 is 39.0 Å². The Labute approximate surface area is 186 Å². The van der Waals surface area contributed by atoms with Gasteiger partial charge in [0.05, 0.1) is 5.52 Å². The first-order chi connectivity index (χ1) is 13.8. The molecule has 1 aliphatic rings. The molecule has 2 aromatic rings. The Balaban J connectivity index is 1.99. The quantitative estimate of drug-likeness (QED) is 0.510. The summed E-state index contributed by atoms with van der Waals surface area (Å²) in [6.07, 6.45) is 1.40. The van der Waals surface area contributed by atoms with Crippen LogP contribution in [0.25, 0.3) is 10.9 Å². The zero-order chi connectivity index (χ0) is 22.4. The fourth-order valence-electron chi connectivity index (χ4n) is 3.84. The number of benzene rings is 1. The van der Waals surface area contributed by atoms with Crippen LogP contribution in [0.4, 0.5) is 9.59 Å². The van der Waals surface area contributed by atoms with Gasteiger partial charge in [0.25, 0.3) is 0 Å². The van der Waals surface area contributed by atoms with Crippen molar-refractivity contribution in [1.82, 2.24) is 9.47 Å². The van der Waals surface area contributed by atoms with Crippen molar-refractivity contribution in [1.29, 1.82) is 0 Å². The molecule has 164 valence electrons. The number of likely N-dealkylation sites (N-methyl/N-ethyl adjacent to an activating group) is 1. The Morgan fingerprint density at radius 2 is 1.73 bits per heavy atom. The smallest absolute Gasteiger partial charge is 0.419 e. The van der Waals surface area contributed by atoms with Gasteiger partial charge in [0.2, 0.25) is 0 Å². The van der Waals surface area contributed by atoms with Gasteiger partial charge in [-0.25, -0.2) is 14.2 Å².